The van der Waals surface area contributed by atoms with Crippen LogP contribution in [0.15, 0.2) is 29.2 Å². The van der Waals surface area contributed by atoms with Gasteiger partial charge in [0.05, 0.1) is 4.90 Å². The molecule has 0 amide bonds. The van der Waals surface area contributed by atoms with Crippen molar-refractivity contribution in [3.05, 3.63) is 29.8 Å². The van der Waals surface area contributed by atoms with E-state index in [1.807, 2.05) is 12.1 Å². The third-order valence-corrected chi connectivity index (χ3v) is 6.03. The van der Waals surface area contributed by atoms with Crippen LogP contribution in [0, 0.1) is 11.8 Å². The number of hydrogen-bond acceptors (Lipinski definition) is 3. The van der Waals surface area contributed by atoms with Crippen molar-refractivity contribution < 1.29 is 8.42 Å². The Labute approximate surface area is 140 Å². The quantitative estimate of drug-likeness (QED) is 0.861. The van der Waals surface area contributed by atoms with E-state index in [9.17, 15) is 8.42 Å². The molecule has 2 N–H and O–H groups in total. The number of halogens is 1. The number of sulfonamides is 1. The zero-order valence-corrected chi connectivity index (χ0v) is 15.0. The summed E-state index contributed by atoms with van der Waals surface area (Å²) in [6.45, 7) is 6.08. The van der Waals surface area contributed by atoms with E-state index in [1.54, 1.807) is 16.4 Å². The minimum absolute atomic E-state index is 0. The summed E-state index contributed by atoms with van der Waals surface area (Å²) in [4.78, 5) is 0.397. The SMILES string of the molecule is CC(C)CCc1ccc(S(=O)(=O)N2CCC(CN)C2)cc1.Cl. The predicted octanol–water partition coefficient (Wildman–Crippen LogP) is 2.67. The molecule has 0 saturated carbocycles. The molecule has 1 atom stereocenters. The number of rotatable bonds is 6. The van der Waals surface area contributed by atoms with E-state index in [0.717, 1.165) is 19.3 Å². The van der Waals surface area contributed by atoms with Crippen LogP contribution < -0.4 is 5.73 Å². The topological polar surface area (TPSA) is 63.4 Å². The lowest BCUT2D eigenvalue weighted by atomic mass is 10.0. The highest BCUT2D eigenvalue weighted by molar-refractivity contribution is 7.89. The van der Waals surface area contributed by atoms with Gasteiger partial charge in [-0.3, -0.25) is 0 Å². The minimum atomic E-state index is -3.35. The van der Waals surface area contributed by atoms with Crippen LogP contribution in [-0.2, 0) is 16.4 Å². The van der Waals surface area contributed by atoms with Gasteiger partial charge in [-0.2, -0.15) is 4.31 Å². The van der Waals surface area contributed by atoms with E-state index in [1.165, 1.54) is 5.56 Å². The van der Waals surface area contributed by atoms with Crippen molar-refractivity contribution in [2.45, 2.75) is 38.0 Å². The molecule has 1 aliphatic heterocycles. The summed E-state index contributed by atoms with van der Waals surface area (Å²) in [5, 5.41) is 0. The Morgan fingerprint density at radius 1 is 1.27 bits per heavy atom. The van der Waals surface area contributed by atoms with Crippen LogP contribution in [-0.4, -0.2) is 32.4 Å². The fraction of sp³-hybridized carbons (Fsp3) is 0.625. The summed E-state index contributed by atoms with van der Waals surface area (Å²) in [6, 6.07) is 7.35. The Kier molecular flexibility index (Phi) is 7.32. The van der Waals surface area contributed by atoms with Crippen molar-refractivity contribution in [3.63, 3.8) is 0 Å². The molecule has 0 spiro atoms. The standard InChI is InChI=1S/C16H26N2O2S.ClH/c1-13(2)3-4-14-5-7-16(8-6-14)21(19,20)18-10-9-15(11-17)12-18;/h5-8,13,15H,3-4,9-12,17H2,1-2H3;1H. The normalized spacial score (nSPS) is 19.4. The lowest BCUT2D eigenvalue weighted by Crippen LogP contribution is -2.30. The van der Waals surface area contributed by atoms with Gasteiger partial charge >= 0.3 is 0 Å². The van der Waals surface area contributed by atoms with Crippen molar-refractivity contribution in [2.75, 3.05) is 19.6 Å². The maximum absolute atomic E-state index is 12.6. The number of benzene rings is 1. The van der Waals surface area contributed by atoms with Crippen molar-refractivity contribution >= 4 is 22.4 Å². The molecule has 22 heavy (non-hydrogen) atoms. The maximum Gasteiger partial charge on any atom is 0.243 e. The van der Waals surface area contributed by atoms with Gasteiger partial charge in [-0.1, -0.05) is 26.0 Å². The molecule has 2 rings (SSSR count). The lowest BCUT2D eigenvalue weighted by Gasteiger charge is -2.16. The van der Waals surface area contributed by atoms with E-state index >= 15 is 0 Å². The zero-order chi connectivity index (χ0) is 15.5. The fourth-order valence-corrected chi connectivity index (χ4v) is 4.17. The van der Waals surface area contributed by atoms with E-state index in [0.29, 0.717) is 36.4 Å². The van der Waals surface area contributed by atoms with Gasteiger partial charge < -0.3 is 5.73 Å². The van der Waals surface area contributed by atoms with Gasteiger partial charge in [0.1, 0.15) is 0 Å². The second-order valence-electron chi connectivity index (χ2n) is 6.33. The Balaban J connectivity index is 0.00000242. The molecule has 0 radical (unpaired) electrons. The second-order valence-corrected chi connectivity index (χ2v) is 8.27. The van der Waals surface area contributed by atoms with Crippen LogP contribution >= 0.6 is 12.4 Å². The van der Waals surface area contributed by atoms with Gasteiger partial charge in [-0.05, 0) is 55.3 Å². The summed E-state index contributed by atoms with van der Waals surface area (Å²) in [5.41, 5.74) is 6.83. The van der Waals surface area contributed by atoms with Crippen molar-refractivity contribution in [2.24, 2.45) is 17.6 Å². The molecule has 126 valence electrons. The molecule has 0 aliphatic carbocycles. The third kappa shape index (κ3) is 4.69. The molecule has 1 fully saturated rings. The Bertz CT molecular complexity index is 558. The van der Waals surface area contributed by atoms with Crippen LogP contribution in [0.4, 0.5) is 0 Å². The lowest BCUT2D eigenvalue weighted by molar-refractivity contribution is 0.459. The first-order valence-electron chi connectivity index (χ1n) is 7.72. The fourth-order valence-electron chi connectivity index (χ4n) is 2.64. The number of aryl methyl sites for hydroxylation is 1. The summed E-state index contributed by atoms with van der Waals surface area (Å²) >= 11 is 0. The molecule has 0 aromatic heterocycles. The monoisotopic (exact) mass is 346 g/mol. The molecule has 1 aliphatic rings. The minimum Gasteiger partial charge on any atom is -0.330 e. The van der Waals surface area contributed by atoms with Gasteiger partial charge in [0, 0.05) is 13.1 Å². The average Bonchev–Trinajstić information content (AvgIpc) is 2.95. The maximum atomic E-state index is 12.6. The molecule has 1 heterocycles. The Morgan fingerprint density at radius 2 is 1.91 bits per heavy atom. The molecule has 1 aromatic carbocycles. The summed E-state index contributed by atoms with van der Waals surface area (Å²) < 4.78 is 26.7. The largest absolute Gasteiger partial charge is 0.330 e. The summed E-state index contributed by atoms with van der Waals surface area (Å²) in [6.07, 6.45) is 2.98. The zero-order valence-electron chi connectivity index (χ0n) is 13.4. The van der Waals surface area contributed by atoms with Gasteiger partial charge in [-0.15, -0.1) is 12.4 Å². The summed E-state index contributed by atoms with van der Waals surface area (Å²) in [5.74, 6) is 0.955. The number of nitrogens with zero attached hydrogens (tertiary/aromatic N) is 1. The smallest absolute Gasteiger partial charge is 0.243 e. The number of hydrogen-bond donors (Lipinski definition) is 1. The van der Waals surface area contributed by atoms with E-state index < -0.39 is 10.0 Å². The molecule has 1 aromatic rings. The molecular weight excluding hydrogens is 320 g/mol. The van der Waals surface area contributed by atoms with Crippen LogP contribution in [0.25, 0.3) is 0 Å². The molecule has 6 heteroatoms. The second kappa shape index (κ2) is 8.29. The first-order valence-corrected chi connectivity index (χ1v) is 9.16. The van der Waals surface area contributed by atoms with Crippen LogP contribution in [0.3, 0.4) is 0 Å². The van der Waals surface area contributed by atoms with Gasteiger partial charge in [-0.25, -0.2) is 8.42 Å². The Hall–Kier alpha value is -0.620. The summed E-state index contributed by atoms with van der Waals surface area (Å²) in [7, 11) is -3.35. The molecule has 1 unspecified atom stereocenters. The highest BCUT2D eigenvalue weighted by atomic mass is 35.5. The van der Waals surface area contributed by atoms with Gasteiger partial charge in [0.15, 0.2) is 0 Å². The van der Waals surface area contributed by atoms with Crippen molar-refractivity contribution in [3.8, 4) is 0 Å². The predicted molar refractivity (Wildman–Crippen MR) is 92.8 cm³/mol. The molecule has 1 saturated heterocycles. The highest BCUT2D eigenvalue weighted by Gasteiger charge is 2.31. The molecule has 4 nitrogen and oxygen atoms in total. The first-order chi connectivity index (χ1) is 9.93. The van der Waals surface area contributed by atoms with E-state index in [2.05, 4.69) is 13.8 Å². The Morgan fingerprint density at radius 3 is 2.41 bits per heavy atom. The van der Waals surface area contributed by atoms with Gasteiger partial charge in [0.2, 0.25) is 10.0 Å². The van der Waals surface area contributed by atoms with E-state index in [4.69, 9.17) is 5.73 Å². The van der Waals surface area contributed by atoms with E-state index in [-0.39, 0.29) is 12.4 Å². The molecular formula is C16H27ClN2O2S. The van der Waals surface area contributed by atoms with Crippen LogP contribution in [0.5, 0.6) is 0 Å². The van der Waals surface area contributed by atoms with Gasteiger partial charge in [0.25, 0.3) is 0 Å². The van der Waals surface area contributed by atoms with Crippen LogP contribution in [0.2, 0.25) is 0 Å². The average molecular weight is 347 g/mol. The number of nitrogens with two attached hydrogens (primary N) is 1. The van der Waals surface area contributed by atoms with Crippen molar-refractivity contribution in [1.29, 1.82) is 0 Å². The van der Waals surface area contributed by atoms with Crippen molar-refractivity contribution in [1.82, 2.24) is 4.31 Å². The third-order valence-electron chi connectivity index (χ3n) is 4.15. The molecule has 0 bridgehead atoms. The highest BCUT2D eigenvalue weighted by Crippen LogP contribution is 2.24. The first kappa shape index (κ1) is 19.4. The van der Waals surface area contributed by atoms with Crippen LogP contribution in [0.1, 0.15) is 32.3 Å².